The maximum atomic E-state index is 15.3. The van der Waals surface area contributed by atoms with Crippen LogP contribution < -0.4 is 16.3 Å². The average Bonchev–Trinajstić information content (AvgIpc) is 3.01. The van der Waals surface area contributed by atoms with Crippen LogP contribution in [0.2, 0.25) is 0 Å². The summed E-state index contributed by atoms with van der Waals surface area (Å²) in [4.78, 5) is 28.9. The molecule has 2 N–H and O–H groups in total. The topological polar surface area (TPSA) is 92.9 Å². The standard InChI is InChI=1S/C18H14F2N4O3/c1-3-21-14-11(19)7-10-15(13(14)20)24(9-4-5-22-8(2)6-9)18-12(16(10)25)17(26)23-27-18/h4-7,21H,3H2,1-2H3,(H,23,26). The molecule has 0 fully saturated rings. The Kier molecular flexibility index (Phi) is 3.79. The van der Waals surface area contributed by atoms with Gasteiger partial charge in [0.05, 0.1) is 16.6 Å². The number of anilines is 1. The third kappa shape index (κ3) is 2.42. The van der Waals surface area contributed by atoms with Gasteiger partial charge in [0.15, 0.2) is 11.2 Å². The number of hydrogen-bond acceptors (Lipinski definition) is 5. The Morgan fingerprint density at radius 1 is 1.30 bits per heavy atom. The van der Waals surface area contributed by atoms with E-state index in [0.717, 1.165) is 6.07 Å². The van der Waals surface area contributed by atoms with Crippen LogP contribution in [0.5, 0.6) is 0 Å². The fourth-order valence-electron chi connectivity index (χ4n) is 3.14. The maximum absolute atomic E-state index is 15.3. The molecule has 3 aromatic heterocycles. The van der Waals surface area contributed by atoms with Gasteiger partial charge in [-0.05, 0) is 32.0 Å². The van der Waals surface area contributed by atoms with Crippen LogP contribution in [0.4, 0.5) is 14.5 Å². The van der Waals surface area contributed by atoms with Crippen molar-refractivity contribution in [2.75, 3.05) is 11.9 Å². The van der Waals surface area contributed by atoms with Crippen molar-refractivity contribution in [1.82, 2.24) is 14.7 Å². The highest BCUT2D eigenvalue weighted by atomic mass is 19.1. The minimum Gasteiger partial charge on any atom is -0.381 e. The zero-order valence-electron chi connectivity index (χ0n) is 14.4. The van der Waals surface area contributed by atoms with Gasteiger partial charge < -0.3 is 9.84 Å². The highest BCUT2D eigenvalue weighted by Crippen LogP contribution is 2.30. The molecule has 4 rings (SSSR count). The first kappa shape index (κ1) is 17.0. The van der Waals surface area contributed by atoms with Crippen molar-refractivity contribution in [3.63, 3.8) is 0 Å². The lowest BCUT2D eigenvalue weighted by molar-refractivity contribution is 0.437. The van der Waals surface area contributed by atoms with E-state index < -0.39 is 22.6 Å². The summed E-state index contributed by atoms with van der Waals surface area (Å²) in [6.45, 7) is 3.70. The van der Waals surface area contributed by atoms with E-state index in [1.165, 1.54) is 10.8 Å². The Morgan fingerprint density at radius 3 is 2.78 bits per heavy atom. The van der Waals surface area contributed by atoms with Gasteiger partial charge in [-0.25, -0.2) is 8.78 Å². The number of benzene rings is 1. The van der Waals surface area contributed by atoms with Crippen molar-refractivity contribution in [1.29, 1.82) is 0 Å². The number of fused-ring (bicyclic) bond motifs is 2. The van der Waals surface area contributed by atoms with Gasteiger partial charge in [-0.15, -0.1) is 0 Å². The molecular weight excluding hydrogens is 358 g/mol. The van der Waals surface area contributed by atoms with Crippen molar-refractivity contribution in [2.24, 2.45) is 0 Å². The van der Waals surface area contributed by atoms with E-state index in [1.54, 1.807) is 26.0 Å². The summed E-state index contributed by atoms with van der Waals surface area (Å²) in [5, 5.41) is 4.14. The molecule has 9 heteroatoms. The summed E-state index contributed by atoms with van der Waals surface area (Å²) in [6.07, 6.45) is 1.50. The van der Waals surface area contributed by atoms with E-state index in [0.29, 0.717) is 11.4 Å². The van der Waals surface area contributed by atoms with Gasteiger partial charge in [-0.3, -0.25) is 19.1 Å². The molecule has 0 aliphatic rings. The van der Waals surface area contributed by atoms with Gasteiger partial charge in [0, 0.05) is 18.4 Å². The molecule has 0 aliphatic heterocycles. The van der Waals surface area contributed by atoms with Crippen molar-refractivity contribution in [3.05, 3.63) is 62.3 Å². The summed E-state index contributed by atoms with van der Waals surface area (Å²) in [7, 11) is 0. The molecule has 3 heterocycles. The van der Waals surface area contributed by atoms with E-state index in [-0.39, 0.29) is 34.2 Å². The Hall–Kier alpha value is -3.49. The molecule has 0 saturated carbocycles. The first-order valence-corrected chi connectivity index (χ1v) is 8.18. The number of halogens is 2. The van der Waals surface area contributed by atoms with Gasteiger partial charge in [-0.1, -0.05) is 0 Å². The smallest absolute Gasteiger partial charge is 0.293 e. The number of aryl methyl sites for hydroxylation is 1. The molecule has 0 spiro atoms. The van der Waals surface area contributed by atoms with Gasteiger partial charge in [-0.2, -0.15) is 5.16 Å². The summed E-state index contributed by atoms with van der Waals surface area (Å²) in [5.41, 5.74) is -1.26. The number of nitrogens with one attached hydrogen (secondary N) is 2. The summed E-state index contributed by atoms with van der Waals surface area (Å²) < 4.78 is 36.1. The molecule has 0 saturated heterocycles. The summed E-state index contributed by atoms with van der Waals surface area (Å²) in [6, 6.07) is 4.13. The van der Waals surface area contributed by atoms with E-state index in [1.807, 2.05) is 0 Å². The van der Waals surface area contributed by atoms with Crippen molar-refractivity contribution >= 4 is 27.7 Å². The number of hydrogen-bond donors (Lipinski definition) is 2. The first-order chi connectivity index (χ1) is 12.9. The average molecular weight is 372 g/mol. The van der Waals surface area contributed by atoms with E-state index in [4.69, 9.17) is 4.52 Å². The third-order valence-corrected chi connectivity index (χ3v) is 4.26. The predicted octanol–water partition coefficient (Wildman–Crippen LogP) is 2.84. The van der Waals surface area contributed by atoms with Crippen LogP contribution in [0.1, 0.15) is 12.6 Å². The molecule has 138 valence electrons. The Balaban J connectivity index is 2.31. The minimum atomic E-state index is -0.954. The molecule has 27 heavy (non-hydrogen) atoms. The lowest BCUT2D eigenvalue weighted by Gasteiger charge is -2.15. The van der Waals surface area contributed by atoms with Crippen molar-refractivity contribution in [2.45, 2.75) is 13.8 Å². The van der Waals surface area contributed by atoms with Gasteiger partial charge >= 0.3 is 0 Å². The normalized spacial score (nSPS) is 11.4. The van der Waals surface area contributed by atoms with Crippen LogP contribution in [-0.2, 0) is 0 Å². The van der Waals surface area contributed by atoms with Crippen LogP contribution in [-0.4, -0.2) is 21.3 Å². The zero-order valence-corrected chi connectivity index (χ0v) is 14.4. The first-order valence-electron chi connectivity index (χ1n) is 8.18. The van der Waals surface area contributed by atoms with E-state index >= 15 is 4.39 Å². The predicted molar refractivity (Wildman–Crippen MR) is 96.5 cm³/mol. The fourth-order valence-corrected chi connectivity index (χ4v) is 3.14. The number of nitrogens with zero attached hydrogens (tertiary/aromatic N) is 2. The van der Waals surface area contributed by atoms with Crippen molar-refractivity contribution in [3.8, 4) is 5.69 Å². The molecule has 0 aliphatic carbocycles. The summed E-state index contributed by atoms with van der Waals surface area (Å²) in [5.74, 6) is -1.88. The zero-order chi connectivity index (χ0) is 19.3. The Labute approximate surface area is 150 Å². The van der Waals surface area contributed by atoms with Gasteiger partial charge in [0.25, 0.3) is 5.56 Å². The number of aromatic amines is 1. The molecule has 0 amide bonds. The van der Waals surface area contributed by atoms with Crippen LogP contribution in [0.25, 0.3) is 27.7 Å². The van der Waals surface area contributed by atoms with Crippen LogP contribution >= 0.6 is 0 Å². The van der Waals surface area contributed by atoms with Crippen LogP contribution in [0.15, 0.2) is 38.5 Å². The van der Waals surface area contributed by atoms with Gasteiger partial charge in [0.1, 0.15) is 11.5 Å². The van der Waals surface area contributed by atoms with E-state index in [9.17, 15) is 14.0 Å². The monoisotopic (exact) mass is 372 g/mol. The SMILES string of the molecule is CCNc1c(F)cc2c(=O)c3c(=O)[nH]oc3n(-c3ccnc(C)c3)c2c1F. The molecule has 7 nitrogen and oxygen atoms in total. The molecular formula is C18H14F2N4O3. The molecule has 0 unspecified atom stereocenters. The quantitative estimate of drug-likeness (QED) is 0.577. The second kappa shape index (κ2) is 6.04. The number of pyridine rings is 2. The molecule has 0 bridgehead atoms. The minimum absolute atomic E-state index is 0.156. The molecule has 0 radical (unpaired) electrons. The highest BCUT2D eigenvalue weighted by molar-refractivity contribution is 5.94. The molecule has 0 atom stereocenters. The van der Waals surface area contributed by atoms with Gasteiger partial charge in [0.2, 0.25) is 11.1 Å². The highest BCUT2D eigenvalue weighted by Gasteiger charge is 2.24. The Morgan fingerprint density at radius 2 is 2.07 bits per heavy atom. The largest absolute Gasteiger partial charge is 0.381 e. The molecule has 1 aromatic carbocycles. The van der Waals surface area contributed by atoms with Crippen LogP contribution in [0, 0.1) is 18.6 Å². The molecule has 4 aromatic rings. The lowest BCUT2D eigenvalue weighted by Crippen LogP contribution is -2.17. The third-order valence-electron chi connectivity index (χ3n) is 4.26. The van der Waals surface area contributed by atoms with E-state index in [2.05, 4.69) is 15.5 Å². The maximum Gasteiger partial charge on any atom is 0.293 e. The number of aromatic nitrogens is 3. The fraction of sp³-hybridized carbons (Fsp3) is 0.167. The summed E-state index contributed by atoms with van der Waals surface area (Å²) >= 11 is 0. The van der Waals surface area contributed by atoms with Crippen LogP contribution in [0.3, 0.4) is 0 Å². The lowest BCUT2D eigenvalue weighted by atomic mass is 10.1. The second-order valence-corrected chi connectivity index (χ2v) is 6.01. The number of rotatable bonds is 3. The Bertz CT molecular complexity index is 1320. The second-order valence-electron chi connectivity index (χ2n) is 6.01. The number of H-pyrrole nitrogens is 1. The van der Waals surface area contributed by atoms with Crippen molar-refractivity contribution < 1.29 is 13.3 Å².